The Balaban J connectivity index is 2.49. The van der Waals surface area contributed by atoms with E-state index in [1.165, 1.54) is 11.3 Å². The monoisotopic (exact) mass is 249 g/mol. The molecule has 1 aromatic heterocycles. The van der Waals surface area contributed by atoms with E-state index in [4.69, 9.17) is 0 Å². The zero-order valence-corrected chi connectivity index (χ0v) is 10.4. The SMILES string of the molecule is CNCCCS(=O)(=O)Nc1nc(C)cs1. The van der Waals surface area contributed by atoms with Crippen molar-refractivity contribution in [2.45, 2.75) is 13.3 Å². The Bertz CT molecular complexity index is 400. The lowest BCUT2D eigenvalue weighted by molar-refractivity contribution is 0.597. The fourth-order valence-electron chi connectivity index (χ4n) is 1.02. The minimum atomic E-state index is -3.24. The molecule has 0 aliphatic carbocycles. The molecule has 1 heterocycles. The molecule has 7 heteroatoms. The van der Waals surface area contributed by atoms with E-state index in [1.54, 1.807) is 7.05 Å². The molecule has 0 bridgehead atoms. The van der Waals surface area contributed by atoms with Gasteiger partial charge in [0.15, 0.2) is 5.13 Å². The molecular weight excluding hydrogens is 234 g/mol. The fourth-order valence-corrected chi connectivity index (χ4v) is 3.07. The maximum Gasteiger partial charge on any atom is 0.234 e. The van der Waals surface area contributed by atoms with Crippen molar-refractivity contribution in [1.29, 1.82) is 0 Å². The predicted molar refractivity (Wildman–Crippen MR) is 62.8 cm³/mol. The summed E-state index contributed by atoms with van der Waals surface area (Å²) in [4.78, 5) is 4.04. The Hall–Kier alpha value is -0.660. The zero-order chi connectivity index (χ0) is 11.3. The molecule has 15 heavy (non-hydrogen) atoms. The molecule has 1 rings (SSSR count). The van der Waals surface area contributed by atoms with Gasteiger partial charge in [0.25, 0.3) is 0 Å². The third-order valence-electron chi connectivity index (χ3n) is 1.70. The highest BCUT2D eigenvalue weighted by molar-refractivity contribution is 7.92. The molecule has 0 amide bonds. The van der Waals surface area contributed by atoms with E-state index in [0.717, 1.165) is 5.69 Å². The van der Waals surface area contributed by atoms with Crippen LogP contribution in [0.5, 0.6) is 0 Å². The highest BCUT2D eigenvalue weighted by atomic mass is 32.2. The van der Waals surface area contributed by atoms with Gasteiger partial charge in [0.05, 0.1) is 11.4 Å². The van der Waals surface area contributed by atoms with Crippen molar-refractivity contribution in [1.82, 2.24) is 10.3 Å². The summed E-state index contributed by atoms with van der Waals surface area (Å²) in [5.74, 6) is 0.118. The molecule has 0 aromatic carbocycles. The second-order valence-electron chi connectivity index (χ2n) is 3.17. The van der Waals surface area contributed by atoms with Crippen molar-refractivity contribution in [3.05, 3.63) is 11.1 Å². The van der Waals surface area contributed by atoms with E-state index in [0.29, 0.717) is 18.1 Å². The third-order valence-corrected chi connectivity index (χ3v) is 4.04. The molecule has 0 fully saturated rings. The van der Waals surface area contributed by atoms with E-state index in [1.807, 2.05) is 12.3 Å². The van der Waals surface area contributed by atoms with Crippen molar-refractivity contribution in [2.75, 3.05) is 24.1 Å². The Labute approximate surface area is 94.0 Å². The van der Waals surface area contributed by atoms with Gasteiger partial charge in [-0.05, 0) is 26.9 Å². The van der Waals surface area contributed by atoms with Crippen LogP contribution >= 0.6 is 11.3 Å². The third kappa shape index (κ3) is 4.59. The van der Waals surface area contributed by atoms with Crippen LogP contribution in [0, 0.1) is 6.92 Å². The van der Waals surface area contributed by atoms with Crippen LogP contribution in [0.2, 0.25) is 0 Å². The molecule has 0 atom stereocenters. The Morgan fingerprint density at radius 1 is 1.53 bits per heavy atom. The number of aryl methyl sites for hydroxylation is 1. The van der Waals surface area contributed by atoms with Gasteiger partial charge < -0.3 is 5.32 Å². The Morgan fingerprint density at radius 3 is 2.80 bits per heavy atom. The molecule has 0 unspecified atom stereocenters. The van der Waals surface area contributed by atoms with Gasteiger partial charge in [-0.25, -0.2) is 13.4 Å². The van der Waals surface area contributed by atoms with Crippen LogP contribution in [0.25, 0.3) is 0 Å². The molecule has 1 aromatic rings. The van der Waals surface area contributed by atoms with E-state index < -0.39 is 10.0 Å². The average molecular weight is 249 g/mol. The van der Waals surface area contributed by atoms with Gasteiger partial charge in [0.2, 0.25) is 10.0 Å². The van der Waals surface area contributed by atoms with Gasteiger partial charge in [0.1, 0.15) is 0 Å². The summed E-state index contributed by atoms with van der Waals surface area (Å²) in [7, 11) is -1.44. The molecule has 0 spiro atoms. The minimum absolute atomic E-state index is 0.118. The van der Waals surface area contributed by atoms with Crippen LogP contribution in [0.1, 0.15) is 12.1 Å². The first-order valence-corrected chi connectivity index (χ1v) is 7.14. The maximum atomic E-state index is 11.5. The summed E-state index contributed by atoms with van der Waals surface area (Å²) in [5.41, 5.74) is 0.827. The summed E-state index contributed by atoms with van der Waals surface area (Å²) in [6.45, 7) is 2.52. The molecule has 0 aliphatic rings. The molecule has 0 saturated heterocycles. The van der Waals surface area contributed by atoms with E-state index in [-0.39, 0.29) is 5.75 Å². The van der Waals surface area contributed by atoms with Gasteiger partial charge in [-0.3, -0.25) is 4.72 Å². The molecule has 5 nitrogen and oxygen atoms in total. The normalized spacial score (nSPS) is 11.6. The van der Waals surface area contributed by atoms with Gasteiger partial charge in [0, 0.05) is 5.38 Å². The van der Waals surface area contributed by atoms with E-state index in [9.17, 15) is 8.42 Å². The molecule has 0 saturated carbocycles. The van der Waals surface area contributed by atoms with Crippen molar-refractivity contribution in [3.63, 3.8) is 0 Å². The number of aromatic nitrogens is 1. The summed E-state index contributed by atoms with van der Waals surface area (Å²) in [6.07, 6.45) is 0.593. The summed E-state index contributed by atoms with van der Waals surface area (Å²) >= 11 is 1.30. The Kier molecular flexibility index (Phi) is 4.49. The van der Waals surface area contributed by atoms with Crippen LogP contribution in [-0.2, 0) is 10.0 Å². The molecule has 2 N–H and O–H groups in total. The standard InChI is InChI=1S/C8H15N3O2S2/c1-7-6-14-8(10-7)11-15(12,13)5-3-4-9-2/h6,9H,3-5H2,1-2H3,(H,10,11). The van der Waals surface area contributed by atoms with Crippen molar-refractivity contribution in [2.24, 2.45) is 0 Å². The number of nitrogens with zero attached hydrogens (tertiary/aromatic N) is 1. The van der Waals surface area contributed by atoms with Gasteiger partial charge in [-0.2, -0.15) is 0 Å². The number of rotatable bonds is 6. The van der Waals surface area contributed by atoms with Crippen LogP contribution in [0.15, 0.2) is 5.38 Å². The van der Waals surface area contributed by atoms with Crippen LogP contribution in [0.3, 0.4) is 0 Å². The summed E-state index contributed by atoms with van der Waals surface area (Å²) in [6, 6.07) is 0. The smallest absolute Gasteiger partial charge is 0.234 e. The first kappa shape index (κ1) is 12.4. The highest BCUT2D eigenvalue weighted by Gasteiger charge is 2.11. The number of sulfonamides is 1. The maximum absolute atomic E-state index is 11.5. The number of hydrogen-bond acceptors (Lipinski definition) is 5. The van der Waals surface area contributed by atoms with Crippen molar-refractivity contribution in [3.8, 4) is 0 Å². The highest BCUT2D eigenvalue weighted by Crippen LogP contribution is 2.15. The Morgan fingerprint density at radius 2 is 2.27 bits per heavy atom. The fraction of sp³-hybridized carbons (Fsp3) is 0.625. The molecule has 0 radical (unpaired) electrons. The summed E-state index contributed by atoms with van der Waals surface area (Å²) in [5, 5.41) is 5.16. The average Bonchev–Trinajstić information content (AvgIpc) is 2.50. The molecule has 0 aliphatic heterocycles. The first-order valence-electron chi connectivity index (χ1n) is 4.61. The van der Waals surface area contributed by atoms with Gasteiger partial charge in [-0.1, -0.05) is 0 Å². The first-order chi connectivity index (χ1) is 7.03. The molecule has 86 valence electrons. The van der Waals surface area contributed by atoms with Gasteiger partial charge in [-0.15, -0.1) is 11.3 Å². The quantitative estimate of drug-likeness (QED) is 0.732. The van der Waals surface area contributed by atoms with Crippen LogP contribution in [0.4, 0.5) is 5.13 Å². The number of anilines is 1. The van der Waals surface area contributed by atoms with E-state index in [2.05, 4.69) is 15.0 Å². The number of thiazole rings is 1. The topological polar surface area (TPSA) is 71.1 Å². The second-order valence-corrected chi connectivity index (χ2v) is 5.87. The van der Waals surface area contributed by atoms with Crippen LogP contribution in [-0.4, -0.2) is 32.7 Å². The van der Waals surface area contributed by atoms with E-state index >= 15 is 0 Å². The van der Waals surface area contributed by atoms with Crippen molar-refractivity contribution >= 4 is 26.5 Å². The second kappa shape index (κ2) is 5.43. The lowest BCUT2D eigenvalue weighted by Crippen LogP contribution is -2.20. The lowest BCUT2D eigenvalue weighted by atomic mass is 10.5. The number of hydrogen-bond donors (Lipinski definition) is 2. The summed E-state index contributed by atoms with van der Waals surface area (Å²) < 4.78 is 25.5. The largest absolute Gasteiger partial charge is 0.320 e. The lowest BCUT2D eigenvalue weighted by Gasteiger charge is -2.04. The zero-order valence-electron chi connectivity index (χ0n) is 8.78. The van der Waals surface area contributed by atoms with Gasteiger partial charge >= 0.3 is 0 Å². The minimum Gasteiger partial charge on any atom is -0.320 e. The van der Waals surface area contributed by atoms with Crippen molar-refractivity contribution < 1.29 is 8.42 Å². The van der Waals surface area contributed by atoms with Crippen LogP contribution < -0.4 is 10.0 Å². The predicted octanol–water partition coefficient (Wildman–Crippen LogP) is 0.803. The molecular formula is C8H15N3O2S2. The number of nitrogens with one attached hydrogen (secondary N) is 2.